The van der Waals surface area contributed by atoms with Gasteiger partial charge in [-0.2, -0.15) is 0 Å². The number of carboxylic acid groups (broad SMARTS) is 1. The van der Waals surface area contributed by atoms with Crippen LogP contribution in [0, 0.1) is 0 Å². The molecule has 1 rings (SSSR count). The van der Waals surface area contributed by atoms with Gasteiger partial charge in [0.25, 0.3) is 0 Å². The Hall–Kier alpha value is -1.42. The summed E-state index contributed by atoms with van der Waals surface area (Å²) in [5, 5.41) is 9.08. The molecule has 0 aromatic heterocycles. The molecule has 0 saturated heterocycles. The van der Waals surface area contributed by atoms with Gasteiger partial charge in [0, 0.05) is 11.4 Å². The van der Waals surface area contributed by atoms with E-state index >= 15 is 0 Å². The molecule has 1 aromatic rings. The number of aliphatic carboxylic acids is 1. The molecule has 0 unspecified atom stereocenters. The number of anilines is 1. The SMILES string of the molecule is Nc1cc(Cl)ccc1OCCCCCCCC(=O)O. The van der Waals surface area contributed by atoms with Crippen molar-refractivity contribution in [1.29, 1.82) is 0 Å². The van der Waals surface area contributed by atoms with Crippen LogP contribution in [0.4, 0.5) is 5.69 Å². The summed E-state index contributed by atoms with van der Waals surface area (Å²) in [5.41, 5.74) is 6.32. The van der Waals surface area contributed by atoms with Gasteiger partial charge in [-0.05, 0) is 31.0 Å². The summed E-state index contributed by atoms with van der Waals surface area (Å²) >= 11 is 5.79. The normalized spacial score (nSPS) is 10.4. The molecule has 4 nitrogen and oxygen atoms in total. The average Bonchev–Trinajstić information content (AvgIpc) is 2.34. The highest BCUT2D eigenvalue weighted by molar-refractivity contribution is 6.30. The summed E-state index contributed by atoms with van der Waals surface area (Å²) in [6.07, 6.45) is 4.97. The quantitative estimate of drug-likeness (QED) is 0.536. The van der Waals surface area contributed by atoms with E-state index in [4.69, 9.17) is 27.2 Å². The number of halogens is 1. The smallest absolute Gasteiger partial charge is 0.303 e. The zero-order valence-corrected chi connectivity index (χ0v) is 11.7. The van der Waals surface area contributed by atoms with Gasteiger partial charge >= 0.3 is 5.97 Å². The lowest BCUT2D eigenvalue weighted by atomic mass is 10.1. The van der Waals surface area contributed by atoms with Crippen LogP contribution in [-0.4, -0.2) is 17.7 Å². The molecule has 0 atom stereocenters. The number of ether oxygens (including phenoxy) is 1. The summed E-state index contributed by atoms with van der Waals surface area (Å²) in [6, 6.07) is 5.19. The number of carbonyl (C=O) groups is 1. The first-order valence-corrected chi connectivity index (χ1v) is 6.87. The van der Waals surface area contributed by atoms with Crippen molar-refractivity contribution in [1.82, 2.24) is 0 Å². The molecule has 0 spiro atoms. The van der Waals surface area contributed by atoms with Crippen LogP contribution in [0.25, 0.3) is 0 Å². The van der Waals surface area contributed by atoms with Crippen LogP contribution in [0.2, 0.25) is 5.02 Å². The molecule has 106 valence electrons. The van der Waals surface area contributed by atoms with E-state index < -0.39 is 5.97 Å². The Kier molecular flexibility index (Phi) is 7.11. The predicted octanol–water partition coefficient (Wildman–Crippen LogP) is 3.73. The van der Waals surface area contributed by atoms with E-state index in [-0.39, 0.29) is 6.42 Å². The molecule has 3 N–H and O–H groups in total. The molecule has 0 radical (unpaired) electrons. The van der Waals surface area contributed by atoms with Gasteiger partial charge in [0.2, 0.25) is 0 Å². The van der Waals surface area contributed by atoms with Gasteiger partial charge in [-0.3, -0.25) is 4.79 Å². The van der Waals surface area contributed by atoms with E-state index in [1.54, 1.807) is 18.2 Å². The summed E-state index contributed by atoms with van der Waals surface area (Å²) < 4.78 is 5.56. The third kappa shape index (κ3) is 6.91. The van der Waals surface area contributed by atoms with E-state index in [0.717, 1.165) is 32.1 Å². The summed E-state index contributed by atoms with van der Waals surface area (Å²) in [7, 11) is 0. The minimum Gasteiger partial charge on any atom is -0.491 e. The molecule has 0 fully saturated rings. The standard InChI is InChI=1S/C14H20ClNO3/c15-11-7-8-13(12(16)10-11)19-9-5-3-1-2-4-6-14(17)18/h7-8,10H,1-6,9,16H2,(H,17,18). The summed E-state index contributed by atoms with van der Waals surface area (Å²) in [6.45, 7) is 0.616. The highest BCUT2D eigenvalue weighted by Crippen LogP contribution is 2.25. The third-order valence-electron chi connectivity index (χ3n) is 2.76. The first kappa shape index (κ1) is 15.6. The van der Waals surface area contributed by atoms with Crippen LogP contribution < -0.4 is 10.5 Å². The van der Waals surface area contributed by atoms with Gasteiger partial charge in [0.1, 0.15) is 5.75 Å². The van der Waals surface area contributed by atoms with E-state index in [1.807, 2.05) is 0 Å². The number of unbranched alkanes of at least 4 members (excludes halogenated alkanes) is 4. The van der Waals surface area contributed by atoms with Crippen molar-refractivity contribution in [3.63, 3.8) is 0 Å². The fourth-order valence-electron chi connectivity index (χ4n) is 1.74. The van der Waals surface area contributed by atoms with Crippen LogP contribution in [0.5, 0.6) is 5.75 Å². The van der Waals surface area contributed by atoms with Gasteiger partial charge in [-0.25, -0.2) is 0 Å². The number of carboxylic acids is 1. The predicted molar refractivity (Wildman–Crippen MR) is 76.7 cm³/mol. The summed E-state index contributed by atoms with van der Waals surface area (Å²) in [4.78, 5) is 10.3. The second-order valence-electron chi connectivity index (χ2n) is 4.44. The van der Waals surface area contributed by atoms with Crippen LogP contribution in [0.3, 0.4) is 0 Å². The number of benzene rings is 1. The van der Waals surface area contributed by atoms with E-state index in [0.29, 0.717) is 23.1 Å². The Morgan fingerprint density at radius 3 is 2.58 bits per heavy atom. The minimum absolute atomic E-state index is 0.262. The second-order valence-corrected chi connectivity index (χ2v) is 4.88. The van der Waals surface area contributed by atoms with Crippen molar-refractivity contribution >= 4 is 23.3 Å². The van der Waals surface area contributed by atoms with Gasteiger partial charge in [0.15, 0.2) is 0 Å². The molecule has 5 heteroatoms. The lowest BCUT2D eigenvalue weighted by Gasteiger charge is -2.08. The van der Waals surface area contributed by atoms with Crippen molar-refractivity contribution in [2.24, 2.45) is 0 Å². The second kappa shape index (κ2) is 8.64. The first-order valence-electron chi connectivity index (χ1n) is 6.49. The van der Waals surface area contributed by atoms with Gasteiger partial charge in [-0.1, -0.05) is 30.9 Å². The molecule has 0 aliphatic heterocycles. The largest absolute Gasteiger partial charge is 0.491 e. The van der Waals surface area contributed by atoms with Crippen molar-refractivity contribution in [2.45, 2.75) is 38.5 Å². The summed E-state index contributed by atoms with van der Waals surface area (Å²) in [5.74, 6) is -0.0585. The Morgan fingerprint density at radius 2 is 1.89 bits per heavy atom. The third-order valence-corrected chi connectivity index (χ3v) is 3.00. The molecule has 0 amide bonds. The Balaban J connectivity index is 2.06. The minimum atomic E-state index is -0.721. The first-order chi connectivity index (χ1) is 9.09. The van der Waals surface area contributed by atoms with Gasteiger partial charge in [0.05, 0.1) is 12.3 Å². The lowest BCUT2D eigenvalue weighted by Crippen LogP contribution is -2.00. The maximum Gasteiger partial charge on any atom is 0.303 e. The molecule has 0 saturated carbocycles. The average molecular weight is 286 g/mol. The Labute approximate surface area is 118 Å². The van der Waals surface area contributed by atoms with E-state index in [1.165, 1.54) is 0 Å². The highest BCUT2D eigenvalue weighted by Gasteiger charge is 2.01. The van der Waals surface area contributed by atoms with Crippen LogP contribution in [0.1, 0.15) is 38.5 Å². The fourth-order valence-corrected chi connectivity index (χ4v) is 1.92. The number of nitrogen functional groups attached to an aromatic ring is 1. The maximum absolute atomic E-state index is 10.3. The topological polar surface area (TPSA) is 72.5 Å². The maximum atomic E-state index is 10.3. The van der Waals surface area contributed by atoms with Crippen molar-refractivity contribution in [2.75, 3.05) is 12.3 Å². The van der Waals surface area contributed by atoms with Gasteiger partial charge < -0.3 is 15.6 Å². The number of rotatable bonds is 9. The van der Waals surface area contributed by atoms with Crippen LogP contribution in [-0.2, 0) is 4.79 Å². The molecule has 1 aromatic carbocycles. The molecule has 0 bridgehead atoms. The van der Waals surface area contributed by atoms with Crippen LogP contribution >= 0.6 is 11.6 Å². The zero-order chi connectivity index (χ0) is 14.1. The molecule has 0 aliphatic rings. The molecular weight excluding hydrogens is 266 g/mol. The monoisotopic (exact) mass is 285 g/mol. The zero-order valence-electron chi connectivity index (χ0n) is 10.9. The molecule has 19 heavy (non-hydrogen) atoms. The molecular formula is C14H20ClNO3. The molecule has 0 heterocycles. The van der Waals surface area contributed by atoms with Gasteiger partial charge in [-0.15, -0.1) is 0 Å². The van der Waals surface area contributed by atoms with Crippen molar-refractivity contribution in [3.8, 4) is 5.75 Å². The molecule has 0 aliphatic carbocycles. The Morgan fingerprint density at radius 1 is 1.21 bits per heavy atom. The van der Waals surface area contributed by atoms with Crippen molar-refractivity contribution in [3.05, 3.63) is 23.2 Å². The number of nitrogens with two attached hydrogens (primary N) is 1. The van der Waals surface area contributed by atoms with Crippen molar-refractivity contribution < 1.29 is 14.6 Å². The Bertz CT molecular complexity index is 410. The number of hydrogen-bond acceptors (Lipinski definition) is 3. The number of hydrogen-bond donors (Lipinski definition) is 2. The lowest BCUT2D eigenvalue weighted by molar-refractivity contribution is -0.137. The van der Waals surface area contributed by atoms with E-state index in [9.17, 15) is 4.79 Å². The fraction of sp³-hybridized carbons (Fsp3) is 0.500. The van der Waals surface area contributed by atoms with E-state index in [2.05, 4.69) is 0 Å². The van der Waals surface area contributed by atoms with Crippen LogP contribution in [0.15, 0.2) is 18.2 Å². The highest BCUT2D eigenvalue weighted by atomic mass is 35.5.